The average Bonchev–Trinajstić information content (AvgIpc) is 3.92. The molecular formula is C46H55N5O7S. The van der Waals surface area contributed by atoms with Gasteiger partial charge in [-0.3, -0.25) is 4.79 Å². The van der Waals surface area contributed by atoms with Gasteiger partial charge in [0.05, 0.1) is 63.6 Å². The molecule has 0 saturated carbocycles. The van der Waals surface area contributed by atoms with Crippen molar-refractivity contribution in [2.45, 2.75) is 45.1 Å². The number of methoxy groups -OCH3 is 4. The maximum absolute atomic E-state index is 12.8. The Bertz CT molecular complexity index is 2160. The highest BCUT2D eigenvalue weighted by Crippen LogP contribution is 2.42. The van der Waals surface area contributed by atoms with Crippen molar-refractivity contribution in [1.82, 2.24) is 19.8 Å². The minimum atomic E-state index is -0.305. The zero-order valence-corrected chi connectivity index (χ0v) is 35.6. The smallest absolute Gasteiger partial charge is 0.240 e. The van der Waals surface area contributed by atoms with Crippen LogP contribution in [0.1, 0.15) is 56.2 Å². The number of rotatable bonds is 19. The molecule has 3 heterocycles. The topological polar surface area (TPSA) is 107 Å². The Morgan fingerprint density at radius 2 is 1.37 bits per heavy atom. The molecule has 0 bridgehead atoms. The summed E-state index contributed by atoms with van der Waals surface area (Å²) in [5, 5.41) is 7.30. The SMILES string of the molecule is COc1ccc(C2CC(c3cc(OC)c(OC)c(OC)c3)=NN2C(C)=O)cc1OCCCCN1CCN(CCCCOc2cccc(-c3nc4ccccc4s3)c2)CC1. The molecule has 1 amide bonds. The zero-order valence-electron chi connectivity index (χ0n) is 34.8. The van der Waals surface area contributed by atoms with Crippen LogP contribution in [-0.4, -0.2) is 112 Å². The van der Waals surface area contributed by atoms with Crippen molar-refractivity contribution in [2.75, 3.05) is 80.9 Å². The van der Waals surface area contributed by atoms with Crippen LogP contribution in [-0.2, 0) is 4.79 Å². The van der Waals surface area contributed by atoms with Crippen LogP contribution in [0.4, 0.5) is 0 Å². The summed E-state index contributed by atoms with van der Waals surface area (Å²) in [4.78, 5) is 22.7. The van der Waals surface area contributed by atoms with E-state index in [2.05, 4.69) is 40.1 Å². The van der Waals surface area contributed by atoms with Gasteiger partial charge in [0, 0.05) is 50.7 Å². The third-order valence-corrected chi connectivity index (χ3v) is 12.0. The summed E-state index contributed by atoms with van der Waals surface area (Å²) in [6.45, 7) is 9.31. The molecule has 1 atom stereocenters. The molecule has 1 unspecified atom stereocenters. The number of unbranched alkanes of at least 4 members (excludes halogenated alkanes) is 2. The first-order valence-corrected chi connectivity index (χ1v) is 21.2. The van der Waals surface area contributed by atoms with E-state index in [0.29, 0.717) is 48.4 Å². The number of hydrogen-bond donors (Lipinski definition) is 0. The monoisotopic (exact) mass is 821 g/mol. The van der Waals surface area contributed by atoms with Gasteiger partial charge in [-0.2, -0.15) is 5.10 Å². The van der Waals surface area contributed by atoms with Crippen LogP contribution in [0.5, 0.6) is 34.5 Å². The van der Waals surface area contributed by atoms with Crippen molar-refractivity contribution in [1.29, 1.82) is 0 Å². The van der Waals surface area contributed by atoms with Crippen LogP contribution in [0.2, 0.25) is 0 Å². The van der Waals surface area contributed by atoms with Gasteiger partial charge < -0.3 is 38.2 Å². The minimum Gasteiger partial charge on any atom is -0.494 e. The summed E-state index contributed by atoms with van der Waals surface area (Å²) in [5.74, 6) is 3.62. The van der Waals surface area contributed by atoms with Gasteiger partial charge in [0.25, 0.3) is 0 Å². The van der Waals surface area contributed by atoms with Crippen LogP contribution < -0.4 is 28.4 Å². The molecular weight excluding hydrogens is 767 g/mol. The molecule has 0 radical (unpaired) electrons. The van der Waals surface area contributed by atoms with Crippen LogP contribution in [0.25, 0.3) is 20.8 Å². The molecule has 312 valence electrons. The summed E-state index contributed by atoms with van der Waals surface area (Å²) in [6, 6.07) is 25.8. The molecule has 1 fully saturated rings. The van der Waals surface area contributed by atoms with Crippen molar-refractivity contribution < 1.29 is 33.2 Å². The Kier molecular flexibility index (Phi) is 14.2. The fourth-order valence-corrected chi connectivity index (χ4v) is 8.66. The molecule has 1 aromatic heterocycles. The van der Waals surface area contributed by atoms with Gasteiger partial charge in [-0.25, -0.2) is 9.99 Å². The molecule has 12 nitrogen and oxygen atoms in total. The number of carbonyl (C=O) groups is 1. The second-order valence-corrected chi connectivity index (χ2v) is 15.8. The second-order valence-electron chi connectivity index (χ2n) is 14.8. The fourth-order valence-electron chi connectivity index (χ4n) is 7.69. The Balaban J connectivity index is 0.817. The Labute approximate surface area is 351 Å². The lowest BCUT2D eigenvalue weighted by Gasteiger charge is -2.34. The summed E-state index contributed by atoms with van der Waals surface area (Å²) in [7, 11) is 6.37. The van der Waals surface area contributed by atoms with Crippen LogP contribution in [0, 0.1) is 0 Å². The van der Waals surface area contributed by atoms with Crippen LogP contribution >= 0.6 is 11.3 Å². The van der Waals surface area contributed by atoms with Crippen molar-refractivity contribution in [2.24, 2.45) is 5.10 Å². The number of carbonyl (C=O) groups excluding carboxylic acids is 1. The molecule has 2 aliphatic rings. The number of fused-ring (bicyclic) bond motifs is 1. The van der Waals surface area contributed by atoms with Crippen LogP contribution in [0.15, 0.2) is 84.0 Å². The normalized spacial score (nSPS) is 15.9. The quantitative estimate of drug-likeness (QED) is 0.0755. The highest BCUT2D eigenvalue weighted by atomic mass is 32.1. The summed E-state index contributed by atoms with van der Waals surface area (Å²) >= 11 is 1.71. The first-order valence-electron chi connectivity index (χ1n) is 20.4. The van der Waals surface area contributed by atoms with Gasteiger partial charge in [-0.15, -0.1) is 11.3 Å². The molecule has 13 heteroatoms. The summed E-state index contributed by atoms with van der Waals surface area (Å²) in [5.41, 5.74) is 4.59. The summed E-state index contributed by atoms with van der Waals surface area (Å²) in [6.07, 6.45) is 4.63. The van der Waals surface area contributed by atoms with Gasteiger partial charge in [0.1, 0.15) is 10.8 Å². The molecule has 4 aromatic carbocycles. The number of nitrogens with zero attached hydrogens (tertiary/aromatic N) is 5. The zero-order chi connectivity index (χ0) is 41.1. The largest absolute Gasteiger partial charge is 0.494 e. The number of para-hydroxylation sites is 1. The molecule has 2 aliphatic heterocycles. The molecule has 1 saturated heterocycles. The fraction of sp³-hybridized carbons (Fsp3) is 0.413. The minimum absolute atomic E-state index is 0.152. The number of hydrazone groups is 1. The van der Waals surface area contributed by atoms with E-state index in [9.17, 15) is 4.79 Å². The van der Waals surface area contributed by atoms with E-state index in [4.69, 9.17) is 38.5 Å². The number of benzene rings is 4. The maximum atomic E-state index is 12.8. The Hall–Kier alpha value is -5.37. The van der Waals surface area contributed by atoms with Gasteiger partial charge in [-0.1, -0.05) is 30.3 Å². The maximum Gasteiger partial charge on any atom is 0.240 e. The van der Waals surface area contributed by atoms with Crippen LogP contribution in [0.3, 0.4) is 0 Å². The average molecular weight is 822 g/mol. The molecule has 59 heavy (non-hydrogen) atoms. The molecule has 7 rings (SSSR count). The standard InChI is InChI=1S/C46H55N5O7S/c1-32(52)51-39(31-38(48-51)35-29-42(54-3)45(56-5)43(30-35)55-4)33-17-18-40(53-2)41(28-33)58-26-11-9-20-50-23-21-49(22-24-50)19-8-10-25-57-36-14-12-13-34(27-36)46-47-37-15-6-7-16-44(37)59-46/h6-7,12-18,27-30,39H,8-11,19-26,31H2,1-5H3. The number of hydrogen-bond acceptors (Lipinski definition) is 12. The predicted octanol–water partition coefficient (Wildman–Crippen LogP) is 8.33. The number of aromatic nitrogens is 1. The van der Waals surface area contributed by atoms with Crippen molar-refractivity contribution in [3.05, 3.63) is 90.0 Å². The number of piperazine rings is 1. The Morgan fingerprint density at radius 1 is 0.695 bits per heavy atom. The lowest BCUT2D eigenvalue weighted by atomic mass is 9.97. The van der Waals surface area contributed by atoms with E-state index in [1.54, 1.807) is 39.8 Å². The van der Waals surface area contributed by atoms with Gasteiger partial charge in [0.2, 0.25) is 11.7 Å². The van der Waals surface area contributed by atoms with Crippen molar-refractivity contribution >= 4 is 33.2 Å². The highest BCUT2D eigenvalue weighted by molar-refractivity contribution is 7.21. The van der Waals surface area contributed by atoms with Gasteiger partial charge in [-0.05, 0) is 92.9 Å². The van der Waals surface area contributed by atoms with Gasteiger partial charge >= 0.3 is 0 Å². The van der Waals surface area contributed by atoms with E-state index < -0.39 is 0 Å². The molecule has 0 aliphatic carbocycles. The Morgan fingerprint density at radius 3 is 2.02 bits per heavy atom. The lowest BCUT2D eigenvalue weighted by molar-refractivity contribution is -0.130. The molecule has 0 spiro atoms. The van der Waals surface area contributed by atoms with Gasteiger partial charge in [0.15, 0.2) is 23.0 Å². The van der Waals surface area contributed by atoms with E-state index in [-0.39, 0.29) is 11.9 Å². The van der Waals surface area contributed by atoms with E-state index >= 15 is 0 Å². The molecule has 5 aromatic rings. The van der Waals surface area contributed by atoms with Crippen molar-refractivity contribution in [3.8, 4) is 45.1 Å². The summed E-state index contributed by atoms with van der Waals surface area (Å²) < 4.78 is 35.9. The third kappa shape index (κ3) is 10.3. The van der Waals surface area contributed by atoms with E-state index in [1.807, 2.05) is 48.5 Å². The lowest BCUT2D eigenvalue weighted by Crippen LogP contribution is -2.46. The van der Waals surface area contributed by atoms with E-state index in [1.165, 1.54) is 16.6 Å². The second kappa shape index (κ2) is 20.1. The first-order chi connectivity index (χ1) is 28.9. The highest BCUT2D eigenvalue weighted by Gasteiger charge is 2.33. The molecule has 0 N–H and O–H groups in total. The number of amides is 1. The third-order valence-electron chi connectivity index (χ3n) is 10.9. The predicted molar refractivity (Wildman–Crippen MR) is 233 cm³/mol. The van der Waals surface area contributed by atoms with E-state index in [0.717, 1.165) is 104 Å². The number of ether oxygens (including phenoxy) is 6. The van der Waals surface area contributed by atoms with Crippen molar-refractivity contribution in [3.63, 3.8) is 0 Å². The first kappa shape index (κ1) is 41.8. The number of thiazole rings is 1.